The molecular formula is C16H21FN2O2. The molecule has 21 heavy (non-hydrogen) atoms. The van der Waals surface area contributed by atoms with Crippen molar-refractivity contribution in [1.29, 1.82) is 0 Å². The zero-order chi connectivity index (χ0) is 15.4. The third-order valence-electron chi connectivity index (χ3n) is 3.23. The molecule has 1 heterocycles. The number of nitrogens with zero attached hydrogens (tertiary/aromatic N) is 2. The Kier molecular flexibility index (Phi) is 5.09. The summed E-state index contributed by atoms with van der Waals surface area (Å²) in [5.74, 6) is 0.803. The summed E-state index contributed by atoms with van der Waals surface area (Å²) in [7, 11) is 0. The molecule has 1 N–H and O–H groups in total. The van der Waals surface area contributed by atoms with Crippen molar-refractivity contribution in [2.75, 3.05) is 6.54 Å². The molecule has 5 heteroatoms. The molecule has 0 saturated carbocycles. The van der Waals surface area contributed by atoms with Crippen LogP contribution >= 0.6 is 0 Å². The molecule has 1 atom stereocenters. The molecule has 1 aromatic carbocycles. The van der Waals surface area contributed by atoms with Crippen molar-refractivity contribution < 1.29 is 13.9 Å². The maximum atomic E-state index is 13.2. The predicted molar refractivity (Wildman–Crippen MR) is 79.1 cm³/mol. The van der Waals surface area contributed by atoms with Gasteiger partial charge in [-0.25, -0.2) is 9.37 Å². The molecular weight excluding hydrogens is 271 g/mol. The van der Waals surface area contributed by atoms with Crippen LogP contribution in [0.3, 0.4) is 0 Å². The van der Waals surface area contributed by atoms with Gasteiger partial charge in [0.25, 0.3) is 0 Å². The van der Waals surface area contributed by atoms with Gasteiger partial charge in [0.2, 0.25) is 5.89 Å². The van der Waals surface area contributed by atoms with Gasteiger partial charge in [0.15, 0.2) is 5.76 Å². The van der Waals surface area contributed by atoms with Crippen LogP contribution in [0.15, 0.2) is 34.9 Å². The molecule has 114 valence electrons. The van der Waals surface area contributed by atoms with Gasteiger partial charge < -0.3 is 9.52 Å². The van der Waals surface area contributed by atoms with Gasteiger partial charge in [-0.2, -0.15) is 0 Å². The van der Waals surface area contributed by atoms with Gasteiger partial charge in [-0.05, 0) is 32.9 Å². The minimum atomic E-state index is -0.412. The van der Waals surface area contributed by atoms with E-state index < -0.39 is 6.10 Å². The number of hydrogen-bond donors (Lipinski definition) is 1. The lowest BCUT2D eigenvalue weighted by molar-refractivity contribution is 0.0964. The number of oxazole rings is 1. The fourth-order valence-corrected chi connectivity index (χ4v) is 2.13. The standard InChI is InChI=1S/C16H21FN2O2/c1-11(2)19(9-12(3)20)10-16-18-8-15(21-16)13-5-4-6-14(17)7-13/h4-8,11-12,20H,9-10H2,1-3H3. The molecule has 0 fully saturated rings. The largest absolute Gasteiger partial charge is 0.439 e. The van der Waals surface area contributed by atoms with E-state index in [1.165, 1.54) is 12.1 Å². The molecule has 0 bridgehead atoms. The third kappa shape index (κ3) is 4.37. The average Bonchev–Trinajstić information content (AvgIpc) is 2.86. The quantitative estimate of drug-likeness (QED) is 0.889. The highest BCUT2D eigenvalue weighted by atomic mass is 19.1. The molecule has 1 unspecified atom stereocenters. The van der Waals surface area contributed by atoms with Crippen LogP contribution in [0.2, 0.25) is 0 Å². The van der Waals surface area contributed by atoms with E-state index in [-0.39, 0.29) is 11.9 Å². The predicted octanol–water partition coefficient (Wildman–Crippen LogP) is 3.07. The van der Waals surface area contributed by atoms with Crippen LogP contribution in [0.5, 0.6) is 0 Å². The topological polar surface area (TPSA) is 49.5 Å². The summed E-state index contributed by atoms with van der Waals surface area (Å²) in [4.78, 5) is 6.31. The first-order valence-corrected chi connectivity index (χ1v) is 7.08. The maximum Gasteiger partial charge on any atom is 0.209 e. The maximum absolute atomic E-state index is 13.2. The van der Waals surface area contributed by atoms with Gasteiger partial charge in [-0.3, -0.25) is 4.90 Å². The van der Waals surface area contributed by atoms with Gasteiger partial charge in [-0.1, -0.05) is 12.1 Å². The molecule has 0 radical (unpaired) electrons. The van der Waals surface area contributed by atoms with E-state index in [9.17, 15) is 9.50 Å². The summed E-state index contributed by atoms with van der Waals surface area (Å²) in [6.07, 6.45) is 1.19. The fraction of sp³-hybridized carbons (Fsp3) is 0.438. The molecule has 1 aromatic heterocycles. The average molecular weight is 292 g/mol. The Morgan fingerprint density at radius 2 is 2.10 bits per heavy atom. The smallest absolute Gasteiger partial charge is 0.209 e. The van der Waals surface area contributed by atoms with Gasteiger partial charge in [0.1, 0.15) is 5.82 Å². The van der Waals surface area contributed by atoms with Crippen LogP contribution < -0.4 is 0 Å². The molecule has 0 aliphatic carbocycles. The highest BCUT2D eigenvalue weighted by Gasteiger charge is 2.16. The number of halogens is 1. The fourth-order valence-electron chi connectivity index (χ4n) is 2.13. The van der Waals surface area contributed by atoms with Crippen molar-refractivity contribution in [3.63, 3.8) is 0 Å². The van der Waals surface area contributed by atoms with E-state index in [0.717, 1.165) is 0 Å². The van der Waals surface area contributed by atoms with Gasteiger partial charge in [0.05, 0.1) is 18.8 Å². The summed E-state index contributed by atoms with van der Waals surface area (Å²) in [5.41, 5.74) is 0.667. The van der Waals surface area contributed by atoms with Crippen molar-refractivity contribution in [2.45, 2.75) is 39.5 Å². The van der Waals surface area contributed by atoms with Crippen LogP contribution in [0, 0.1) is 5.82 Å². The summed E-state index contributed by atoms with van der Waals surface area (Å²) >= 11 is 0. The van der Waals surface area contributed by atoms with Crippen LogP contribution in [0.1, 0.15) is 26.7 Å². The molecule has 2 aromatic rings. The Bertz CT molecular complexity index is 581. The van der Waals surface area contributed by atoms with Crippen molar-refractivity contribution in [2.24, 2.45) is 0 Å². The summed E-state index contributed by atoms with van der Waals surface area (Å²) < 4.78 is 18.9. The Balaban J connectivity index is 2.12. The Hall–Kier alpha value is -1.72. The van der Waals surface area contributed by atoms with Gasteiger partial charge in [-0.15, -0.1) is 0 Å². The molecule has 2 rings (SSSR count). The molecule has 0 spiro atoms. The van der Waals surface area contributed by atoms with E-state index in [0.29, 0.717) is 30.3 Å². The summed E-state index contributed by atoms with van der Waals surface area (Å²) in [6, 6.07) is 6.50. The van der Waals surface area contributed by atoms with E-state index in [1.54, 1.807) is 25.3 Å². The molecule has 0 amide bonds. The molecule has 4 nitrogen and oxygen atoms in total. The number of benzene rings is 1. The third-order valence-corrected chi connectivity index (χ3v) is 3.23. The summed E-state index contributed by atoms with van der Waals surface area (Å²) in [6.45, 7) is 6.92. The Morgan fingerprint density at radius 1 is 1.33 bits per heavy atom. The second-order valence-electron chi connectivity index (χ2n) is 5.50. The lowest BCUT2D eigenvalue weighted by Crippen LogP contribution is -2.36. The van der Waals surface area contributed by atoms with Crippen LogP contribution in [0.25, 0.3) is 11.3 Å². The lowest BCUT2D eigenvalue weighted by atomic mass is 10.2. The van der Waals surface area contributed by atoms with Crippen molar-refractivity contribution in [1.82, 2.24) is 9.88 Å². The number of aliphatic hydroxyl groups is 1. The Morgan fingerprint density at radius 3 is 2.71 bits per heavy atom. The first kappa shape index (κ1) is 15.7. The van der Waals surface area contributed by atoms with Crippen molar-refractivity contribution in [3.05, 3.63) is 42.2 Å². The van der Waals surface area contributed by atoms with Crippen molar-refractivity contribution in [3.8, 4) is 11.3 Å². The normalized spacial score (nSPS) is 13.1. The lowest BCUT2D eigenvalue weighted by Gasteiger charge is -2.26. The molecule has 0 aliphatic rings. The number of aliphatic hydroxyl groups excluding tert-OH is 1. The zero-order valence-corrected chi connectivity index (χ0v) is 12.6. The highest BCUT2D eigenvalue weighted by molar-refractivity contribution is 5.56. The minimum Gasteiger partial charge on any atom is -0.439 e. The molecule has 0 aliphatic heterocycles. The first-order chi connectivity index (χ1) is 9.95. The van der Waals surface area contributed by atoms with Crippen LogP contribution in [-0.2, 0) is 6.54 Å². The number of aromatic nitrogens is 1. The van der Waals surface area contributed by atoms with Crippen LogP contribution in [0.4, 0.5) is 4.39 Å². The summed E-state index contributed by atoms with van der Waals surface area (Å²) in [5, 5.41) is 9.53. The first-order valence-electron chi connectivity index (χ1n) is 7.08. The monoisotopic (exact) mass is 292 g/mol. The SMILES string of the molecule is CC(O)CN(Cc1ncc(-c2cccc(F)c2)o1)C(C)C. The van der Waals surface area contributed by atoms with E-state index in [4.69, 9.17) is 4.42 Å². The van der Waals surface area contributed by atoms with Gasteiger partial charge in [0, 0.05) is 18.2 Å². The van der Waals surface area contributed by atoms with E-state index in [2.05, 4.69) is 23.7 Å². The minimum absolute atomic E-state index is 0.268. The second kappa shape index (κ2) is 6.83. The highest BCUT2D eigenvalue weighted by Crippen LogP contribution is 2.22. The molecule has 0 saturated heterocycles. The Labute approximate surface area is 124 Å². The van der Waals surface area contributed by atoms with Crippen LogP contribution in [-0.4, -0.2) is 33.7 Å². The number of hydrogen-bond acceptors (Lipinski definition) is 4. The van der Waals surface area contributed by atoms with Gasteiger partial charge >= 0.3 is 0 Å². The van der Waals surface area contributed by atoms with E-state index in [1.807, 2.05) is 0 Å². The van der Waals surface area contributed by atoms with Crippen molar-refractivity contribution >= 4 is 0 Å². The number of rotatable bonds is 6. The van der Waals surface area contributed by atoms with E-state index >= 15 is 0 Å². The second-order valence-corrected chi connectivity index (χ2v) is 5.50. The zero-order valence-electron chi connectivity index (χ0n) is 12.6.